The molecule has 1 aromatic heterocycles. The normalized spacial score (nSPS) is 10.5. The van der Waals surface area contributed by atoms with Crippen LogP contribution in [0.5, 0.6) is 0 Å². The maximum atomic E-state index is 12.6. The van der Waals surface area contributed by atoms with Gasteiger partial charge in [0.15, 0.2) is 0 Å². The third kappa shape index (κ3) is 4.23. The van der Waals surface area contributed by atoms with E-state index in [1.807, 2.05) is 18.2 Å². The van der Waals surface area contributed by atoms with Crippen molar-refractivity contribution in [3.63, 3.8) is 0 Å². The number of amides is 2. The Kier molecular flexibility index (Phi) is 5.56. The van der Waals surface area contributed by atoms with E-state index in [0.717, 1.165) is 16.3 Å². The summed E-state index contributed by atoms with van der Waals surface area (Å²) in [6.45, 7) is 0.161. The number of nitrogens with one attached hydrogen (secondary N) is 2. The Morgan fingerprint density at radius 1 is 1.04 bits per heavy atom. The molecule has 0 atom stereocenters. The van der Waals surface area contributed by atoms with Crippen molar-refractivity contribution < 1.29 is 14.7 Å². The molecule has 26 heavy (non-hydrogen) atoms. The van der Waals surface area contributed by atoms with Gasteiger partial charge in [-0.25, -0.2) is 0 Å². The molecule has 3 aromatic rings. The van der Waals surface area contributed by atoms with Crippen LogP contribution in [-0.4, -0.2) is 35.1 Å². The summed E-state index contributed by atoms with van der Waals surface area (Å²) in [5.41, 5.74) is 2.06. The second-order valence-corrected chi connectivity index (χ2v) is 5.80. The van der Waals surface area contributed by atoms with Crippen LogP contribution in [0.3, 0.4) is 0 Å². The second-order valence-electron chi connectivity index (χ2n) is 5.80. The Morgan fingerprint density at radius 3 is 2.62 bits per heavy atom. The average molecular weight is 349 g/mol. The molecule has 3 N–H and O–H groups in total. The Morgan fingerprint density at radius 2 is 1.85 bits per heavy atom. The largest absolute Gasteiger partial charge is 0.395 e. The van der Waals surface area contributed by atoms with Gasteiger partial charge in [0.25, 0.3) is 5.91 Å². The molecule has 6 heteroatoms. The second kappa shape index (κ2) is 8.22. The fourth-order valence-electron chi connectivity index (χ4n) is 2.67. The van der Waals surface area contributed by atoms with Crippen LogP contribution in [0, 0.1) is 0 Å². The quantitative estimate of drug-likeness (QED) is 0.636. The Balaban J connectivity index is 1.69. The number of carbonyl (C=O) groups excluding carboxylic acids is 2. The number of hydrogen-bond acceptors (Lipinski definition) is 4. The minimum Gasteiger partial charge on any atom is -0.395 e. The summed E-state index contributed by atoms with van der Waals surface area (Å²) in [6, 6.07) is 14.4. The van der Waals surface area contributed by atoms with E-state index in [0.29, 0.717) is 11.3 Å². The molecule has 0 aliphatic rings. The zero-order chi connectivity index (χ0) is 18.4. The van der Waals surface area contributed by atoms with Crippen molar-refractivity contribution in [2.45, 2.75) is 6.42 Å². The number of fused-ring (bicyclic) bond motifs is 1. The van der Waals surface area contributed by atoms with Gasteiger partial charge in [0.1, 0.15) is 0 Å². The lowest BCUT2D eigenvalue weighted by atomic mass is 10.1. The summed E-state index contributed by atoms with van der Waals surface area (Å²) < 4.78 is 0. The fraction of sp³-hybridized carbons (Fsp3) is 0.150. The van der Waals surface area contributed by atoms with E-state index in [4.69, 9.17) is 5.11 Å². The maximum Gasteiger partial charge on any atom is 0.256 e. The summed E-state index contributed by atoms with van der Waals surface area (Å²) in [4.78, 5) is 28.3. The summed E-state index contributed by atoms with van der Waals surface area (Å²) in [6.07, 6.45) is 3.61. The van der Waals surface area contributed by atoms with Crippen molar-refractivity contribution in [1.29, 1.82) is 0 Å². The molecule has 0 radical (unpaired) electrons. The van der Waals surface area contributed by atoms with E-state index in [-0.39, 0.29) is 31.4 Å². The number of benzene rings is 2. The van der Waals surface area contributed by atoms with Crippen molar-refractivity contribution in [3.8, 4) is 0 Å². The van der Waals surface area contributed by atoms with Gasteiger partial charge in [0.05, 0.1) is 13.0 Å². The summed E-state index contributed by atoms with van der Waals surface area (Å²) in [7, 11) is 0. The first kappa shape index (κ1) is 17.6. The zero-order valence-corrected chi connectivity index (χ0v) is 14.1. The lowest BCUT2D eigenvalue weighted by molar-refractivity contribution is -0.120. The molecule has 0 aliphatic heterocycles. The topological polar surface area (TPSA) is 91.3 Å². The van der Waals surface area contributed by atoms with Crippen molar-refractivity contribution in [1.82, 2.24) is 10.3 Å². The first-order valence-electron chi connectivity index (χ1n) is 8.28. The van der Waals surface area contributed by atoms with Crippen LogP contribution in [0.1, 0.15) is 15.9 Å². The van der Waals surface area contributed by atoms with Gasteiger partial charge in [0.2, 0.25) is 5.91 Å². The molecule has 0 saturated heterocycles. The molecule has 1 heterocycles. The third-order valence-electron chi connectivity index (χ3n) is 3.94. The molecule has 0 fully saturated rings. The van der Waals surface area contributed by atoms with Gasteiger partial charge in [-0.15, -0.1) is 0 Å². The van der Waals surface area contributed by atoms with Crippen LogP contribution in [-0.2, 0) is 11.2 Å². The minimum absolute atomic E-state index is 0.0824. The van der Waals surface area contributed by atoms with Crippen LogP contribution in [0.15, 0.2) is 60.9 Å². The highest BCUT2D eigenvalue weighted by Gasteiger charge is 2.10. The van der Waals surface area contributed by atoms with Gasteiger partial charge in [0, 0.05) is 35.6 Å². The zero-order valence-electron chi connectivity index (χ0n) is 14.1. The predicted octanol–water partition coefficient (Wildman–Crippen LogP) is 2.14. The number of rotatable bonds is 6. The highest BCUT2D eigenvalue weighted by molar-refractivity contribution is 6.12. The Labute approximate surface area is 150 Å². The van der Waals surface area contributed by atoms with Crippen molar-refractivity contribution in [3.05, 3.63) is 72.1 Å². The predicted molar refractivity (Wildman–Crippen MR) is 99.9 cm³/mol. The Hall–Kier alpha value is -3.25. The first-order valence-corrected chi connectivity index (χ1v) is 8.28. The standard InChI is InChI=1S/C20H19N3O3/c24-11-10-22-19(25)12-14-4-6-16(7-5-14)23-20(26)18-3-1-2-15-13-21-9-8-17(15)18/h1-9,13,24H,10-12H2,(H,22,25)(H,23,26). The van der Waals surface area contributed by atoms with Crippen LogP contribution < -0.4 is 10.6 Å². The molecule has 0 unspecified atom stereocenters. The van der Waals surface area contributed by atoms with Gasteiger partial charge >= 0.3 is 0 Å². The molecule has 2 aromatic carbocycles. The highest BCUT2D eigenvalue weighted by Crippen LogP contribution is 2.19. The molecule has 0 spiro atoms. The first-order chi connectivity index (χ1) is 12.7. The minimum atomic E-state index is -0.199. The van der Waals surface area contributed by atoms with Crippen LogP contribution >= 0.6 is 0 Å². The van der Waals surface area contributed by atoms with Gasteiger partial charge < -0.3 is 15.7 Å². The molecule has 6 nitrogen and oxygen atoms in total. The van der Waals surface area contributed by atoms with Crippen LogP contribution in [0.4, 0.5) is 5.69 Å². The Bertz CT molecular complexity index is 918. The number of hydrogen-bond donors (Lipinski definition) is 3. The molecule has 3 rings (SSSR count). The van der Waals surface area contributed by atoms with Crippen LogP contribution in [0.25, 0.3) is 10.8 Å². The lowest BCUT2D eigenvalue weighted by Crippen LogP contribution is -2.27. The van der Waals surface area contributed by atoms with E-state index in [2.05, 4.69) is 15.6 Å². The SMILES string of the molecule is O=C(Cc1ccc(NC(=O)c2cccc3cnccc23)cc1)NCCO. The number of carbonyl (C=O) groups is 2. The van der Waals surface area contributed by atoms with Gasteiger partial charge in [-0.05, 0) is 35.2 Å². The lowest BCUT2D eigenvalue weighted by Gasteiger charge is -2.09. The number of aliphatic hydroxyl groups excluding tert-OH is 1. The number of aliphatic hydroxyl groups is 1. The number of anilines is 1. The fourth-order valence-corrected chi connectivity index (χ4v) is 2.67. The third-order valence-corrected chi connectivity index (χ3v) is 3.94. The van der Waals surface area contributed by atoms with E-state index >= 15 is 0 Å². The highest BCUT2D eigenvalue weighted by atomic mass is 16.3. The van der Waals surface area contributed by atoms with Crippen molar-refractivity contribution >= 4 is 28.3 Å². The van der Waals surface area contributed by atoms with Crippen LogP contribution in [0.2, 0.25) is 0 Å². The van der Waals surface area contributed by atoms with E-state index in [1.165, 1.54) is 0 Å². The van der Waals surface area contributed by atoms with Gasteiger partial charge in [-0.1, -0.05) is 24.3 Å². The average Bonchev–Trinajstić information content (AvgIpc) is 2.67. The molecular formula is C20H19N3O3. The summed E-state index contributed by atoms with van der Waals surface area (Å²) >= 11 is 0. The van der Waals surface area contributed by atoms with Crippen molar-refractivity contribution in [2.24, 2.45) is 0 Å². The number of aromatic nitrogens is 1. The van der Waals surface area contributed by atoms with E-state index < -0.39 is 0 Å². The maximum absolute atomic E-state index is 12.6. The van der Waals surface area contributed by atoms with E-state index in [9.17, 15) is 9.59 Å². The molecule has 0 aliphatic carbocycles. The molecule has 132 valence electrons. The molecule has 0 saturated carbocycles. The van der Waals surface area contributed by atoms with Crippen molar-refractivity contribution in [2.75, 3.05) is 18.5 Å². The molecular weight excluding hydrogens is 330 g/mol. The van der Waals surface area contributed by atoms with Gasteiger partial charge in [-0.2, -0.15) is 0 Å². The molecule has 0 bridgehead atoms. The monoisotopic (exact) mass is 349 g/mol. The summed E-state index contributed by atoms with van der Waals surface area (Å²) in [5.74, 6) is -0.351. The van der Waals surface area contributed by atoms with Gasteiger partial charge in [-0.3, -0.25) is 14.6 Å². The number of nitrogens with zero attached hydrogens (tertiary/aromatic N) is 1. The smallest absolute Gasteiger partial charge is 0.256 e. The summed E-state index contributed by atoms with van der Waals surface area (Å²) in [5, 5.41) is 15.9. The molecule has 2 amide bonds. The van der Waals surface area contributed by atoms with E-state index in [1.54, 1.807) is 42.7 Å². The number of pyridine rings is 1.